The number of amidine groups is 1. The average molecular weight is 332 g/mol. The molecule has 25 heavy (non-hydrogen) atoms. The molecule has 1 N–H and O–H groups in total. The first-order chi connectivity index (χ1) is 12.3. The zero-order valence-electron chi connectivity index (χ0n) is 14.7. The van der Waals surface area contributed by atoms with Crippen LogP contribution in [-0.4, -0.2) is 43.0 Å². The second kappa shape index (κ2) is 5.88. The lowest BCUT2D eigenvalue weighted by atomic mass is 10.1. The minimum atomic E-state index is 0.610. The Kier molecular flexibility index (Phi) is 3.52. The van der Waals surface area contributed by atoms with E-state index in [1.165, 1.54) is 35.3 Å². The van der Waals surface area contributed by atoms with E-state index in [9.17, 15) is 0 Å². The Hall–Kier alpha value is -2.33. The standard InChI is InChI=1S/C21H24N4/c1-15-6-9-17-20(14-15)25(16-7-8-16)19-5-3-2-4-18(19)23-21(17)24-12-10-22-11-13-24/h2-6,9,14,16,22H,7-8,10-13H2,1H3. The number of anilines is 2. The van der Waals surface area contributed by atoms with E-state index in [2.05, 4.69) is 64.5 Å². The van der Waals surface area contributed by atoms with Gasteiger partial charge >= 0.3 is 0 Å². The van der Waals surface area contributed by atoms with Gasteiger partial charge in [0.05, 0.1) is 17.1 Å². The number of piperazine rings is 1. The highest BCUT2D eigenvalue weighted by atomic mass is 15.3. The number of benzene rings is 2. The van der Waals surface area contributed by atoms with Crippen molar-refractivity contribution in [3.05, 3.63) is 53.6 Å². The number of nitrogens with one attached hydrogen (secondary N) is 1. The number of fused-ring (bicyclic) bond motifs is 2. The molecule has 1 saturated carbocycles. The minimum Gasteiger partial charge on any atom is -0.353 e. The molecule has 3 aliphatic rings. The molecule has 0 atom stereocenters. The van der Waals surface area contributed by atoms with Gasteiger partial charge < -0.3 is 15.1 Å². The van der Waals surface area contributed by atoms with Gasteiger partial charge in [0.25, 0.3) is 0 Å². The van der Waals surface area contributed by atoms with Crippen LogP contribution in [0.5, 0.6) is 0 Å². The first kappa shape index (κ1) is 15.0. The van der Waals surface area contributed by atoms with Gasteiger partial charge in [-0.05, 0) is 49.6 Å². The third-order valence-electron chi connectivity index (χ3n) is 5.35. The second-order valence-electron chi connectivity index (χ2n) is 7.28. The Bertz CT molecular complexity index is 832. The van der Waals surface area contributed by atoms with Crippen LogP contribution in [0.1, 0.15) is 24.0 Å². The highest BCUT2D eigenvalue weighted by Crippen LogP contribution is 2.46. The molecule has 128 valence electrons. The molecule has 2 aliphatic heterocycles. The summed E-state index contributed by atoms with van der Waals surface area (Å²) in [4.78, 5) is 10.1. The van der Waals surface area contributed by atoms with Crippen molar-refractivity contribution in [1.82, 2.24) is 10.2 Å². The van der Waals surface area contributed by atoms with E-state index in [4.69, 9.17) is 4.99 Å². The predicted octanol–water partition coefficient (Wildman–Crippen LogP) is 3.59. The Balaban J connectivity index is 1.73. The third-order valence-corrected chi connectivity index (χ3v) is 5.35. The Morgan fingerprint density at radius 1 is 1.00 bits per heavy atom. The van der Waals surface area contributed by atoms with Crippen molar-refractivity contribution in [3.63, 3.8) is 0 Å². The number of aliphatic imine (C=N–C) groups is 1. The van der Waals surface area contributed by atoms with Crippen LogP contribution in [0.2, 0.25) is 0 Å². The van der Waals surface area contributed by atoms with Crippen LogP contribution >= 0.6 is 0 Å². The van der Waals surface area contributed by atoms with Crippen LogP contribution < -0.4 is 10.2 Å². The molecule has 2 fully saturated rings. The molecule has 4 heteroatoms. The Morgan fingerprint density at radius 2 is 1.80 bits per heavy atom. The van der Waals surface area contributed by atoms with Gasteiger partial charge in [-0.3, -0.25) is 0 Å². The molecule has 0 radical (unpaired) electrons. The molecule has 0 amide bonds. The minimum absolute atomic E-state index is 0.610. The van der Waals surface area contributed by atoms with Crippen LogP contribution in [0.3, 0.4) is 0 Å². The van der Waals surface area contributed by atoms with E-state index < -0.39 is 0 Å². The fourth-order valence-electron chi connectivity index (χ4n) is 3.94. The van der Waals surface area contributed by atoms with Gasteiger partial charge in [0, 0.05) is 37.8 Å². The fraction of sp³-hybridized carbons (Fsp3) is 0.381. The van der Waals surface area contributed by atoms with E-state index >= 15 is 0 Å². The zero-order valence-corrected chi connectivity index (χ0v) is 14.7. The van der Waals surface area contributed by atoms with Crippen molar-refractivity contribution in [2.24, 2.45) is 4.99 Å². The third kappa shape index (κ3) is 2.61. The average Bonchev–Trinajstić information content (AvgIpc) is 3.47. The van der Waals surface area contributed by atoms with E-state index in [0.717, 1.165) is 37.7 Å². The Morgan fingerprint density at radius 3 is 2.60 bits per heavy atom. The highest BCUT2D eigenvalue weighted by Gasteiger charge is 2.35. The molecule has 1 aliphatic carbocycles. The highest BCUT2D eigenvalue weighted by molar-refractivity contribution is 6.08. The summed E-state index contributed by atoms with van der Waals surface area (Å²) in [5.41, 5.74) is 6.25. The van der Waals surface area contributed by atoms with Gasteiger partial charge in [-0.15, -0.1) is 0 Å². The van der Waals surface area contributed by atoms with E-state index in [-0.39, 0.29) is 0 Å². The Labute approximate surface area is 149 Å². The number of hydrogen-bond acceptors (Lipinski definition) is 4. The molecule has 0 bridgehead atoms. The van der Waals surface area contributed by atoms with Gasteiger partial charge in [-0.25, -0.2) is 4.99 Å². The molecule has 0 unspecified atom stereocenters. The summed E-state index contributed by atoms with van der Waals surface area (Å²) in [5.74, 6) is 1.13. The first-order valence-electron chi connectivity index (χ1n) is 9.35. The summed E-state index contributed by atoms with van der Waals surface area (Å²) in [7, 11) is 0. The molecular weight excluding hydrogens is 308 g/mol. The fourth-order valence-corrected chi connectivity index (χ4v) is 3.94. The molecule has 1 saturated heterocycles. The maximum Gasteiger partial charge on any atom is 0.138 e. The van der Waals surface area contributed by atoms with Gasteiger partial charge in [0.2, 0.25) is 0 Å². The molecule has 5 rings (SSSR count). The molecule has 0 spiro atoms. The number of aryl methyl sites for hydroxylation is 1. The molecule has 2 heterocycles. The van der Waals surface area contributed by atoms with Crippen LogP contribution in [-0.2, 0) is 0 Å². The van der Waals surface area contributed by atoms with Crippen molar-refractivity contribution in [2.75, 3.05) is 31.1 Å². The molecule has 2 aromatic rings. The summed E-state index contributed by atoms with van der Waals surface area (Å²) >= 11 is 0. The monoisotopic (exact) mass is 332 g/mol. The number of nitrogens with zero attached hydrogens (tertiary/aromatic N) is 3. The largest absolute Gasteiger partial charge is 0.353 e. The van der Waals surface area contributed by atoms with Crippen LogP contribution in [0.4, 0.5) is 17.1 Å². The van der Waals surface area contributed by atoms with E-state index in [1.807, 2.05) is 0 Å². The summed E-state index contributed by atoms with van der Waals surface area (Å²) in [5, 5.41) is 3.45. The van der Waals surface area contributed by atoms with E-state index in [1.54, 1.807) is 0 Å². The lowest BCUT2D eigenvalue weighted by Crippen LogP contribution is -2.46. The summed E-state index contributed by atoms with van der Waals surface area (Å²) in [6.07, 6.45) is 2.54. The van der Waals surface area contributed by atoms with Crippen molar-refractivity contribution in [1.29, 1.82) is 0 Å². The van der Waals surface area contributed by atoms with E-state index in [0.29, 0.717) is 6.04 Å². The maximum atomic E-state index is 5.17. The van der Waals surface area contributed by atoms with Gasteiger partial charge in [-0.1, -0.05) is 18.2 Å². The maximum absolute atomic E-state index is 5.17. The topological polar surface area (TPSA) is 30.9 Å². The van der Waals surface area contributed by atoms with Crippen LogP contribution in [0.25, 0.3) is 0 Å². The van der Waals surface area contributed by atoms with Gasteiger partial charge in [0.1, 0.15) is 5.84 Å². The van der Waals surface area contributed by atoms with Gasteiger partial charge in [0.15, 0.2) is 0 Å². The SMILES string of the molecule is Cc1ccc2c(c1)N(C1CC1)c1ccccc1N=C2N1CCNCC1. The summed E-state index contributed by atoms with van der Waals surface area (Å²) < 4.78 is 0. The summed E-state index contributed by atoms with van der Waals surface area (Å²) in [6.45, 7) is 6.25. The summed E-state index contributed by atoms with van der Waals surface area (Å²) in [6, 6.07) is 16.1. The number of para-hydroxylation sites is 2. The quantitative estimate of drug-likeness (QED) is 0.866. The van der Waals surface area contributed by atoms with Crippen molar-refractivity contribution >= 4 is 22.9 Å². The molecular formula is C21H24N4. The van der Waals surface area contributed by atoms with Gasteiger partial charge in [-0.2, -0.15) is 0 Å². The van der Waals surface area contributed by atoms with Crippen molar-refractivity contribution < 1.29 is 0 Å². The lowest BCUT2D eigenvalue weighted by molar-refractivity contribution is 0.358. The van der Waals surface area contributed by atoms with Crippen molar-refractivity contribution in [2.45, 2.75) is 25.8 Å². The predicted molar refractivity (Wildman–Crippen MR) is 103 cm³/mol. The molecule has 0 aromatic heterocycles. The zero-order chi connectivity index (χ0) is 16.8. The first-order valence-corrected chi connectivity index (χ1v) is 9.35. The molecule has 4 nitrogen and oxygen atoms in total. The normalized spacial score (nSPS) is 19.8. The number of hydrogen-bond donors (Lipinski definition) is 1. The van der Waals surface area contributed by atoms with Crippen molar-refractivity contribution in [3.8, 4) is 0 Å². The lowest BCUT2D eigenvalue weighted by Gasteiger charge is -2.32. The number of rotatable bonds is 1. The van der Waals surface area contributed by atoms with Crippen LogP contribution in [0.15, 0.2) is 47.5 Å². The second-order valence-corrected chi connectivity index (χ2v) is 7.28. The van der Waals surface area contributed by atoms with Crippen LogP contribution in [0, 0.1) is 6.92 Å². The molecule has 2 aromatic carbocycles. The smallest absolute Gasteiger partial charge is 0.138 e.